The molecular weight excluding hydrogens is 323 g/mol. The first kappa shape index (κ1) is 17.4. The summed E-state index contributed by atoms with van der Waals surface area (Å²) in [6, 6.07) is 9.42. The van der Waals surface area contributed by atoms with Gasteiger partial charge >= 0.3 is 0 Å². The molecular formula is C19H21FN2O3. The van der Waals surface area contributed by atoms with E-state index in [0.29, 0.717) is 31.2 Å². The maximum atomic E-state index is 13.8. The zero-order valence-electron chi connectivity index (χ0n) is 13.9. The van der Waals surface area contributed by atoms with Gasteiger partial charge in [0.15, 0.2) is 0 Å². The molecule has 2 aromatic rings. The normalized spacial score (nSPS) is 15.1. The van der Waals surface area contributed by atoms with Gasteiger partial charge in [0.1, 0.15) is 11.4 Å². The highest BCUT2D eigenvalue weighted by Crippen LogP contribution is 2.13. The fourth-order valence-electron chi connectivity index (χ4n) is 2.93. The topological polar surface area (TPSA) is 60.3 Å². The molecule has 1 aliphatic rings. The Labute approximate surface area is 145 Å². The van der Waals surface area contributed by atoms with Crippen LogP contribution >= 0.6 is 0 Å². The number of ether oxygens (including phenoxy) is 1. The Morgan fingerprint density at radius 2 is 1.96 bits per heavy atom. The van der Waals surface area contributed by atoms with Crippen molar-refractivity contribution in [2.24, 2.45) is 5.92 Å². The first-order valence-electron chi connectivity index (χ1n) is 8.44. The highest BCUT2D eigenvalue weighted by molar-refractivity contribution is 5.93. The minimum atomic E-state index is -0.421. The van der Waals surface area contributed by atoms with Gasteiger partial charge in [0.05, 0.1) is 6.54 Å². The van der Waals surface area contributed by atoms with Gasteiger partial charge in [-0.05, 0) is 37.0 Å². The van der Waals surface area contributed by atoms with Gasteiger partial charge in [-0.2, -0.15) is 0 Å². The van der Waals surface area contributed by atoms with Gasteiger partial charge < -0.3 is 14.6 Å². The molecule has 0 aliphatic carbocycles. The molecule has 1 fully saturated rings. The fourth-order valence-corrected chi connectivity index (χ4v) is 2.93. The number of hydrogen-bond acceptors (Lipinski definition) is 3. The molecule has 0 saturated carbocycles. The van der Waals surface area contributed by atoms with Crippen LogP contribution in [0.2, 0.25) is 0 Å². The number of rotatable bonds is 5. The van der Waals surface area contributed by atoms with Gasteiger partial charge in [0, 0.05) is 31.5 Å². The molecule has 1 aromatic carbocycles. The highest BCUT2D eigenvalue weighted by Gasteiger charge is 2.17. The average molecular weight is 344 g/mol. The molecule has 0 bridgehead atoms. The summed E-state index contributed by atoms with van der Waals surface area (Å²) < 4.78 is 20.4. The second kappa shape index (κ2) is 8.07. The number of amides is 1. The van der Waals surface area contributed by atoms with Crippen molar-refractivity contribution in [3.8, 4) is 0 Å². The standard InChI is InChI=1S/C19H21FN2O3/c20-17-6-2-1-4-15(17)13-22-9-3-5-16(19(22)24)18(23)21-12-14-7-10-25-11-8-14/h1-6,9,14H,7-8,10-13H2,(H,21,23). The van der Waals surface area contributed by atoms with E-state index in [0.717, 1.165) is 12.8 Å². The number of benzene rings is 1. The van der Waals surface area contributed by atoms with Gasteiger partial charge in [-0.3, -0.25) is 9.59 Å². The van der Waals surface area contributed by atoms with Gasteiger partial charge in [-0.15, -0.1) is 0 Å². The molecule has 0 radical (unpaired) electrons. The number of halogens is 1. The molecule has 1 saturated heterocycles. The summed E-state index contributed by atoms with van der Waals surface area (Å²) in [5, 5.41) is 2.83. The van der Waals surface area contributed by atoms with Crippen LogP contribution < -0.4 is 10.9 Å². The third-order valence-corrected chi connectivity index (χ3v) is 4.46. The van der Waals surface area contributed by atoms with Crippen molar-refractivity contribution >= 4 is 5.91 Å². The van der Waals surface area contributed by atoms with Gasteiger partial charge in [0.25, 0.3) is 11.5 Å². The molecule has 0 unspecified atom stereocenters. The molecule has 1 aliphatic heterocycles. The lowest BCUT2D eigenvalue weighted by Gasteiger charge is -2.22. The number of aromatic nitrogens is 1. The number of pyridine rings is 1. The van der Waals surface area contributed by atoms with Crippen molar-refractivity contribution in [2.45, 2.75) is 19.4 Å². The summed E-state index contributed by atoms with van der Waals surface area (Å²) in [5.41, 5.74) is 0.0606. The number of carbonyl (C=O) groups excluding carboxylic acids is 1. The maximum absolute atomic E-state index is 13.8. The minimum Gasteiger partial charge on any atom is -0.381 e. The van der Waals surface area contributed by atoms with Crippen LogP contribution in [0.1, 0.15) is 28.8 Å². The summed E-state index contributed by atoms with van der Waals surface area (Å²) in [4.78, 5) is 24.9. The number of nitrogens with zero attached hydrogens (tertiary/aromatic N) is 1. The van der Waals surface area contributed by atoms with E-state index >= 15 is 0 Å². The molecule has 0 spiro atoms. The van der Waals surface area contributed by atoms with Crippen LogP contribution in [0, 0.1) is 11.7 Å². The van der Waals surface area contributed by atoms with E-state index in [4.69, 9.17) is 4.74 Å². The van der Waals surface area contributed by atoms with Crippen molar-refractivity contribution in [3.05, 3.63) is 69.9 Å². The van der Waals surface area contributed by atoms with Crippen LogP contribution in [-0.2, 0) is 11.3 Å². The Morgan fingerprint density at radius 1 is 1.20 bits per heavy atom. The Balaban J connectivity index is 1.71. The van der Waals surface area contributed by atoms with E-state index < -0.39 is 5.56 Å². The molecule has 132 valence electrons. The van der Waals surface area contributed by atoms with Crippen LogP contribution in [-0.4, -0.2) is 30.2 Å². The fraction of sp³-hybridized carbons (Fsp3) is 0.368. The maximum Gasteiger partial charge on any atom is 0.263 e. The first-order chi connectivity index (χ1) is 12.1. The third-order valence-electron chi connectivity index (χ3n) is 4.46. The second-order valence-electron chi connectivity index (χ2n) is 6.21. The Kier molecular flexibility index (Phi) is 5.60. The largest absolute Gasteiger partial charge is 0.381 e. The molecule has 2 heterocycles. The molecule has 0 atom stereocenters. The minimum absolute atomic E-state index is 0.0749. The monoisotopic (exact) mass is 344 g/mol. The summed E-state index contributed by atoms with van der Waals surface area (Å²) >= 11 is 0. The van der Waals surface area contributed by atoms with Crippen LogP contribution in [0.3, 0.4) is 0 Å². The van der Waals surface area contributed by atoms with E-state index in [1.807, 2.05) is 0 Å². The van der Waals surface area contributed by atoms with Crippen LogP contribution in [0.25, 0.3) is 0 Å². The Bertz CT molecular complexity index is 797. The zero-order valence-corrected chi connectivity index (χ0v) is 13.9. The molecule has 6 heteroatoms. The third kappa shape index (κ3) is 4.33. The van der Waals surface area contributed by atoms with E-state index in [1.54, 1.807) is 30.5 Å². The quantitative estimate of drug-likeness (QED) is 0.904. The molecule has 3 rings (SSSR count). The van der Waals surface area contributed by atoms with Crippen molar-refractivity contribution < 1.29 is 13.9 Å². The highest BCUT2D eigenvalue weighted by atomic mass is 19.1. The van der Waals surface area contributed by atoms with Crippen LogP contribution in [0.15, 0.2) is 47.4 Å². The lowest BCUT2D eigenvalue weighted by Crippen LogP contribution is -2.36. The Hall–Kier alpha value is -2.47. The van der Waals surface area contributed by atoms with Crippen molar-refractivity contribution in [2.75, 3.05) is 19.8 Å². The smallest absolute Gasteiger partial charge is 0.263 e. The molecule has 1 N–H and O–H groups in total. The number of nitrogens with one attached hydrogen (secondary N) is 1. The molecule has 5 nitrogen and oxygen atoms in total. The van der Waals surface area contributed by atoms with E-state index in [-0.39, 0.29) is 23.8 Å². The predicted octanol–water partition coefficient (Wildman–Crippen LogP) is 2.19. The summed E-state index contributed by atoms with van der Waals surface area (Å²) in [5.74, 6) is -0.384. The second-order valence-corrected chi connectivity index (χ2v) is 6.21. The predicted molar refractivity (Wildman–Crippen MR) is 92.1 cm³/mol. The average Bonchev–Trinajstić information content (AvgIpc) is 2.64. The molecule has 1 amide bonds. The Morgan fingerprint density at radius 3 is 2.72 bits per heavy atom. The van der Waals surface area contributed by atoms with Gasteiger partial charge in [0.2, 0.25) is 0 Å². The number of hydrogen-bond donors (Lipinski definition) is 1. The summed E-state index contributed by atoms with van der Waals surface area (Å²) in [6.07, 6.45) is 3.38. The molecule has 1 aromatic heterocycles. The van der Waals surface area contributed by atoms with Gasteiger partial charge in [-0.1, -0.05) is 18.2 Å². The van der Waals surface area contributed by atoms with E-state index in [1.165, 1.54) is 16.7 Å². The lowest BCUT2D eigenvalue weighted by molar-refractivity contribution is 0.0642. The van der Waals surface area contributed by atoms with Crippen molar-refractivity contribution in [1.82, 2.24) is 9.88 Å². The van der Waals surface area contributed by atoms with Crippen molar-refractivity contribution in [3.63, 3.8) is 0 Å². The zero-order chi connectivity index (χ0) is 17.6. The van der Waals surface area contributed by atoms with Gasteiger partial charge in [-0.25, -0.2) is 4.39 Å². The van der Waals surface area contributed by atoms with E-state index in [2.05, 4.69) is 5.32 Å². The first-order valence-corrected chi connectivity index (χ1v) is 8.44. The lowest BCUT2D eigenvalue weighted by atomic mass is 10.0. The van der Waals surface area contributed by atoms with Crippen LogP contribution in [0.4, 0.5) is 4.39 Å². The SMILES string of the molecule is O=C(NCC1CCOCC1)c1cccn(Cc2ccccc2F)c1=O. The van der Waals surface area contributed by atoms with Crippen LogP contribution in [0.5, 0.6) is 0 Å². The van der Waals surface area contributed by atoms with E-state index in [9.17, 15) is 14.0 Å². The summed E-state index contributed by atoms with van der Waals surface area (Å²) in [7, 11) is 0. The molecule has 25 heavy (non-hydrogen) atoms. The summed E-state index contributed by atoms with van der Waals surface area (Å²) in [6.45, 7) is 2.04. The number of carbonyl (C=O) groups is 1. The van der Waals surface area contributed by atoms with Crippen molar-refractivity contribution in [1.29, 1.82) is 0 Å².